The molecule has 4 saturated carbocycles. The normalized spacial score (nSPS) is 44.9. The summed E-state index contributed by atoms with van der Waals surface area (Å²) >= 11 is 0. The molecule has 1 atom stereocenters. The first kappa shape index (κ1) is 11.5. The van der Waals surface area contributed by atoms with Gasteiger partial charge in [0.15, 0.2) is 0 Å². The summed E-state index contributed by atoms with van der Waals surface area (Å²) in [5, 5.41) is 9.13. The minimum absolute atomic E-state index is 0.282. The van der Waals surface area contributed by atoms with E-state index in [1.807, 2.05) is 0 Å². The molecule has 4 heteroatoms. The first-order valence-electron chi connectivity index (χ1n) is 6.79. The molecule has 4 bridgehead atoms. The molecule has 0 spiro atoms. The summed E-state index contributed by atoms with van der Waals surface area (Å²) in [6.07, 6.45) is 8.63. The molecule has 4 fully saturated rings. The van der Waals surface area contributed by atoms with E-state index in [9.17, 15) is 4.79 Å². The van der Waals surface area contributed by atoms with E-state index in [1.165, 1.54) is 38.5 Å². The largest absolute Gasteiger partial charge is 0.480 e. The first-order valence-corrected chi connectivity index (χ1v) is 6.79. The van der Waals surface area contributed by atoms with Crippen LogP contribution in [0.5, 0.6) is 0 Å². The number of nitrogens with two attached hydrogens (primary N) is 1. The van der Waals surface area contributed by atoms with Gasteiger partial charge in [-0.2, -0.15) is 0 Å². The highest BCUT2D eigenvalue weighted by atomic mass is 16.4. The van der Waals surface area contributed by atoms with Gasteiger partial charge in [0.2, 0.25) is 0 Å². The second-order valence-electron chi connectivity index (χ2n) is 6.68. The molecule has 0 heterocycles. The van der Waals surface area contributed by atoms with Crippen LogP contribution in [0.1, 0.15) is 44.9 Å². The van der Waals surface area contributed by atoms with Crippen LogP contribution < -0.4 is 11.3 Å². The van der Waals surface area contributed by atoms with Crippen LogP contribution in [-0.4, -0.2) is 17.1 Å². The molecule has 4 aliphatic rings. The number of hydrogen-bond donors (Lipinski definition) is 3. The van der Waals surface area contributed by atoms with E-state index >= 15 is 0 Å². The average Bonchev–Trinajstić information content (AvgIpc) is 2.23. The molecule has 0 aromatic heterocycles. The van der Waals surface area contributed by atoms with Gasteiger partial charge in [-0.05, 0) is 68.1 Å². The van der Waals surface area contributed by atoms with Crippen LogP contribution in [0, 0.1) is 23.2 Å². The van der Waals surface area contributed by atoms with Crippen LogP contribution >= 0.6 is 0 Å². The summed E-state index contributed by atoms with van der Waals surface area (Å²) in [4.78, 5) is 11.1. The van der Waals surface area contributed by atoms with Crippen LogP contribution in [0.25, 0.3) is 0 Å². The second-order valence-corrected chi connectivity index (χ2v) is 6.68. The van der Waals surface area contributed by atoms with Crippen molar-refractivity contribution >= 4 is 5.97 Å². The second kappa shape index (κ2) is 3.95. The molecule has 0 amide bonds. The zero-order valence-corrected chi connectivity index (χ0v) is 10.2. The Labute approximate surface area is 102 Å². The smallest absolute Gasteiger partial charge is 0.322 e. The summed E-state index contributed by atoms with van der Waals surface area (Å²) in [6.45, 7) is 0. The van der Waals surface area contributed by atoms with E-state index in [4.69, 9.17) is 10.9 Å². The van der Waals surface area contributed by atoms with Gasteiger partial charge in [0.25, 0.3) is 0 Å². The Morgan fingerprint density at radius 3 is 2.06 bits per heavy atom. The van der Waals surface area contributed by atoms with E-state index in [1.54, 1.807) is 0 Å². The molecular weight excluding hydrogens is 216 g/mol. The van der Waals surface area contributed by atoms with Gasteiger partial charge in [-0.3, -0.25) is 10.6 Å². The zero-order chi connectivity index (χ0) is 12.0. The number of nitrogens with one attached hydrogen (secondary N) is 1. The maximum absolute atomic E-state index is 11.1. The summed E-state index contributed by atoms with van der Waals surface area (Å²) in [5.41, 5.74) is 2.76. The summed E-state index contributed by atoms with van der Waals surface area (Å²) in [7, 11) is 0. The molecule has 0 aliphatic heterocycles. The van der Waals surface area contributed by atoms with Crippen molar-refractivity contribution < 1.29 is 9.90 Å². The monoisotopic (exact) mass is 238 g/mol. The Morgan fingerprint density at radius 1 is 1.24 bits per heavy atom. The van der Waals surface area contributed by atoms with E-state index in [0.29, 0.717) is 0 Å². The van der Waals surface area contributed by atoms with Crippen LogP contribution in [-0.2, 0) is 4.79 Å². The van der Waals surface area contributed by atoms with Crippen LogP contribution in [0.3, 0.4) is 0 Å². The molecule has 1 unspecified atom stereocenters. The van der Waals surface area contributed by atoms with Gasteiger partial charge in [-0.25, -0.2) is 5.43 Å². The zero-order valence-electron chi connectivity index (χ0n) is 10.2. The number of carbonyl (C=O) groups is 1. The highest BCUT2D eigenvalue weighted by Gasteiger charge is 2.51. The van der Waals surface area contributed by atoms with Gasteiger partial charge in [-0.15, -0.1) is 0 Å². The average molecular weight is 238 g/mol. The topological polar surface area (TPSA) is 75.3 Å². The molecule has 0 radical (unpaired) electrons. The van der Waals surface area contributed by atoms with Crippen molar-refractivity contribution in [3.05, 3.63) is 0 Å². The number of carboxylic acid groups (broad SMARTS) is 1. The van der Waals surface area contributed by atoms with Crippen molar-refractivity contribution in [3.8, 4) is 0 Å². The molecule has 17 heavy (non-hydrogen) atoms. The SMILES string of the molecule is NNC(CC12CC3CC(CC(C3)C1)C2)C(=O)O. The number of carboxylic acids is 1. The fraction of sp³-hybridized carbons (Fsp3) is 0.923. The lowest BCUT2D eigenvalue weighted by atomic mass is 9.48. The Bertz CT molecular complexity index is 294. The van der Waals surface area contributed by atoms with Gasteiger partial charge in [-0.1, -0.05) is 0 Å². The maximum atomic E-state index is 11.1. The first-order chi connectivity index (χ1) is 8.10. The van der Waals surface area contributed by atoms with Crippen molar-refractivity contribution in [2.75, 3.05) is 0 Å². The van der Waals surface area contributed by atoms with Crippen molar-refractivity contribution in [3.63, 3.8) is 0 Å². The highest BCUT2D eigenvalue weighted by molar-refractivity contribution is 5.73. The van der Waals surface area contributed by atoms with Crippen molar-refractivity contribution in [2.24, 2.45) is 29.0 Å². The van der Waals surface area contributed by atoms with Gasteiger partial charge < -0.3 is 5.11 Å². The standard InChI is InChI=1S/C13H22N2O2/c14-15-11(12(16)17)7-13-4-8-1-9(5-13)3-10(2-8)6-13/h8-11,15H,1-7,14H2,(H,16,17). The van der Waals surface area contributed by atoms with E-state index in [2.05, 4.69) is 5.43 Å². The van der Waals surface area contributed by atoms with Gasteiger partial charge >= 0.3 is 5.97 Å². The molecule has 4 aliphatic carbocycles. The minimum atomic E-state index is -0.803. The van der Waals surface area contributed by atoms with E-state index < -0.39 is 12.0 Å². The fourth-order valence-electron chi connectivity index (χ4n) is 5.19. The van der Waals surface area contributed by atoms with Crippen molar-refractivity contribution in [1.82, 2.24) is 5.43 Å². The minimum Gasteiger partial charge on any atom is -0.480 e. The summed E-state index contributed by atoms with van der Waals surface area (Å²) < 4.78 is 0. The molecule has 4 N–H and O–H groups in total. The lowest BCUT2D eigenvalue weighted by Crippen LogP contribution is -2.51. The molecule has 0 aromatic carbocycles. The third-order valence-electron chi connectivity index (χ3n) is 5.30. The molecule has 96 valence electrons. The lowest BCUT2D eigenvalue weighted by molar-refractivity contribution is -0.142. The number of hydrogen-bond acceptors (Lipinski definition) is 3. The molecule has 0 saturated heterocycles. The third-order valence-corrected chi connectivity index (χ3v) is 5.30. The lowest BCUT2D eigenvalue weighted by Gasteiger charge is -2.57. The van der Waals surface area contributed by atoms with Crippen LogP contribution in [0.2, 0.25) is 0 Å². The molecular formula is C13H22N2O2. The van der Waals surface area contributed by atoms with Gasteiger partial charge in [0.05, 0.1) is 0 Å². The Hall–Kier alpha value is -0.610. The highest BCUT2D eigenvalue weighted by Crippen LogP contribution is 2.61. The third kappa shape index (κ3) is 1.97. The Morgan fingerprint density at radius 2 is 1.71 bits per heavy atom. The molecule has 0 aromatic rings. The predicted molar refractivity (Wildman–Crippen MR) is 64.0 cm³/mol. The van der Waals surface area contributed by atoms with E-state index in [-0.39, 0.29) is 5.41 Å². The number of aliphatic carboxylic acids is 1. The fourth-order valence-corrected chi connectivity index (χ4v) is 5.19. The molecule has 4 rings (SSSR count). The summed E-state index contributed by atoms with van der Waals surface area (Å²) in [5.74, 6) is 7.18. The number of rotatable bonds is 4. The van der Waals surface area contributed by atoms with Crippen molar-refractivity contribution in [2.45, 2.75) is 51.0 Å². The predicted octanol–water partition coefficient (Wildman–Crippen LogP) is 1.51. The number of hydrazine groups is 1. The summed E-state index contributed by atoms with van der Waals surface area (Å²) in [6, 6.07) is -0.564. The van der Waals surface area contributed by atoms with E-state index in [0.717, 1.165) is 24.2 Å². The quantitative estimate of drug-likeness (QED) is 0.512. The maximum Gasteiger partial charge on any atom is 0.322 e. The Balaban J connectivity index is 1.75. The van der Waals surface area contributed by atoms with Crippen molar-refractivity contribution in [1.29, 1.82) is 0 Å². The van der Waals surface area contributed by atoms with Gasteiger partial charge in [0.1, 0.15) is 6.04 Å². The van der Waals surface area contributed by atoms with Gasteiger partial charge in [0, 0.05) is 0 Å². The molecule has 4 nitrogen and oxygen atoms in total. The van der Waals surface area contributed by atoms with Crippen LogP contribution in [0.4, 0.5) is 0 Å². The Kier molecular flexibility index (Phi) is 2.67. The van der Waals surface area contributed by atoms with Crippen LogP contribution in [0.15, 0.2) is 0 Å².